The van der Waals surface area contributed by atoms with E-state index in [9.17, 15) is 4.79 Å². The largest absolute Gasteiger partial charge is 0.493 e. The third kappa shape index (κ3) is 4.49. The van der Waals surface area contributed by atoms with E-state index in [0.717, 1.165) is 12.0 Å². The number of nitrogens with one attached hydrogen (secondary N) is 1. The van der Waals surface area contributed by atoms with Gasteiger partial charge in [0.25, 0.3) is 0 Å². The second-order valence-corrected chi connectivity index (χ2v) is 5.38. The summed E-state index contributed by atoms with van der Waals surface area (Å²) >= 11 is 1.65. The molecule has 0 spiro atoms. The third-order valence-corrected chi connectivity index (χ3v) is 3.89. The fraction of sp³-hybridized carbons (Fsp3) is 0.312. The molecule has 0 aliphatic carbocycles. The summed E-state index contributed by atoms with van der Waals surface area (Å²) in [5, 5.41) is 7.01. The molecule has 2 rings (SSSR count). The maximum absolute atomic E-state index is 11.8. The van der Waals surface area contributed by atoms with Crippen LogP contribution in [0.3, 0.4) is 0 Å². The Morgan fingerprint density at radius 1 is 1.14 bits per heavy atom. The van der Waals surface area contributed by atoms with E-state index in [-0.39, 0.29) is 5.91 Å². The van der Waals surface area contributed by atoms with E-state index in [1.165, 1.54) is 5.56 Å². The number of carbonyl (C=O) groups excluding carboxylic acids is 1. The van der Waals surface area contributed by atoms with Crippen LogP contribution in [0.5, 0.6) is 11.5 Å². The van der Waals surface area contributed by atoms with E-state index in [2.05, 4.69) is 10.7 Å². The van der Waals surface area contributed by atoms with Crippen LogP contribution < -0.4 is 14.8 Å². The molecule has 0 saturated heterocycles. The molecule has 1 N–H and O–H groups in total. The average molecular weight is 305 g/mol. The van der Waals surface area contributed by atoms with Gasteiger partial charge < -0.3 is 14.8 Å². The third-order valence-electron chi connectivity index (χ3n) is 3.16. The highest BCUT2D eigenvalue weighted by Gasteiger charge is 2.06. The molecule has 0 atom stereocenters. The van der Waals surface area contributed by atoms with E-state index < -0.39 is 0 Å². The van der Waals surface area contributed by atoms with Crippen LogP contribution in [0.4, 0.5) is 0 Å². The molecule has 21 heavy (non-hydrogen) atoms. The summed E-state index contributed by atoms with van der Waals surface area (Å²) in [5.74, 6) is 1.41. The summed E-state index contributed by atoms with van der Waals surface area (Å²) in [4.78, 5) is 11.8. The highest BCUT2D eigenvalue weighted by molar-refractivity contribution is 7.07. The number of ether oxygens (including phenoxy) is 2. The first-order valence-electron chi connectivity index (χ1n) is 6.71. The number of carbonyl (C=O) groups is 1. The first-order valence-corrected chi connectivity index (χ1v) is 7.66. The Balaban J connectivity index is 1.83. The topological polar surface area (TPSA) is 47.6 Å². The summed E-state index contributed by atoms with van der Waals surface area (Å²) in [6, 6.07) is 7.68. The first-order chi connectivity index (χ1) is 10.2. The molecule has 0 aliphatic rings. The molecule has 1 aromatic heterocycles. The zero-order chi connectivity index (χ0) is 15.1. The smallest absolute Gasteiger partial charge is 0.220 e. The van der Waals surface area contributed by atoms with Crippen LogP contribution in [0.1, 0.15) is 17.5 Å². The zero-order valence-electron chi connectivity index (χ0n) is 12.2. The van der Waals surface area contributed by atoms with Crippen LogP contribution in [0.2, 0.25) is 0 Å². The Hall–Kier alpha value is -2.01. The molecule has 1 aromatic carbocycles. The maximum atomic E-state index is 11.8. The number of methoxy groups -OCH3 is 2. The lowest BCUT2D eigenvalue weighted by Gasteiger charge is -2.10. The SMILES string of the molecule is COc1ccc(CNC(=O)CCc2ccsc2)cc1OC. The second kappa shape index (κ2) is 7.69. The standard InChI is InChI=1S/C16H19NO3S/c1-19-14-5-3-13(9-15(14)20-2)10-17-16(18)6-4-12-7-8-21-11-12/h3,5,7-9,11H,4,6,10H2,1-2H3,(H,17,18). The number of thiophene rings is 1. The average Bonchev–Trinajstić information content (AvgIpc) is 3.04. The highest BCUT2D eigenvalue weighted by atomic mass is 32.1. The van der Waals surface area contributed by atoms with Gasteiger partial charge in [-0.2, -0.15) is 11.3 Å². The van der Waals surface area contributed by atoms with Crippen LogP contribution in [0, 0.1) is 0 Å². The lowest BCUT2D eigenvalue weighted by Crippen LogP contribution is -2.22. The molecule has 5 heteroatoms. The summed E-state index contributed by atoms with van der Waals surface area (Å²) in [7, 11) is 3.20. The summed E-state index contributed by atoms with van der Waals surface area (Å²) < 4.78 is 10.4. The van der Waals surface area contributed by atoms with Crippen LogP contribution in [-0.4, -0.2) is 20.1 Å². The Morgan fingerprint density at radius 2 is 1.95 bits per heavy atom. The predicted molar refractivity (Wildman–Crippen MR) is 84.0 cm³/mol. The van der Waals surface area contributed by atoms with Crippen molar-refractivity contribution in [3.63, 3.8) is 0 Å². The summed E-state index contributed by atoms with van der Waals surface area (Å²) in [6.45, 7) is 0.489. The molecule has 0 aliphatic heterocycles. The van der Waals surface area contributed by atoms with E-state index in [4.69, 9.17) is 9.47 Å². The van der Waals surface area contributed by atoms with Gasteiger partial charge in [0.1, 0.15) is 0 Å². The van der Waals surface area contributed by atoms with Crippen molar-refractivity contribution in [2.45, 2.75) is 19.4 Å². The molecule has 1 amide bonds. The first kappa shape index (κ1) is 15.4. The van der Waals surface area contributed by atoms with E-state index in [1.54, 1.807) is 25.6 Å². The van der Waals surface area contributed by atoms with Crippen LogP contribution in [0.15, 0.2) is 35.0 Å². The van der Waals surface area contributed by atoms with Crippen molar-refractivity contribution in [3.8, 4) is 11.5 Å². The molecular formula is C16H19NO3S. The number of rotatable bonds is 7. The molecule has 0 fully saturated rings. The summed E-state index contributed by atoms with van der Waals surface area (Å²) in [5.41, 5.74) is 2.19. The number of amides is 1. The van der Waals surface area contributed by atoms with E-state index >= 15 is 0 Å². The number of hydrogen-bond donors (Lipinski definition) is 1. The van der Waals surface area contributed by atoms with E-state index in [1.807, 2.05) is 29.6 Å². The van der Waals surface area contributed by atoms with Gasteiger partial charge in [0.05, 0.1) is 14.2 Å². The van der Waals surface area contributed by atoms with Crippen molar-refractivity contribution in [2.75, 3.05) is 14.2 Å². The fourth-order valence-corrected chi connectivity index (χ4v) is 2.68. The number of aryl methyl sites for hydroxylation is 1. The van der Waals surface area contributed by atoms with Gasteiger partial charge in [-0.15, -0.1) is 0 Å². The Morgan fingerprint density at radius 3 is 2.62 bits per heavy atom. The minimum atomic E-state index is 0.0518. The minimum Gasteiger partial charge on any atom is -0.493 e. The minimum absolute atomic E-state index is 0.0518. The van der Waals surface area contributed by atoms with Gasteiger partial charge in [-0.1, -0.05) is 6.07 Å². The second-order valence-electron chi connectivity index (χ2n) is 4.60. The van der Waals surface area contributed by atoms with Crippen LogP contribution in [0.25, 0.3) is 0 Å². The lowest BCUT2D eigenvalue weighted by atomic mass is 10.1. The van der Waals surface area contributed by atoms with Crippen molar-refractivity contribution < 1.29 is 14.3 Å². The van der Waals surface area contributed by atoms with E-state index in [0.29, 0.717) is 24.5 Å². The molecule has 0 radical (unpaired) electrons. The van der Waals surface area contributed by atoms with Crippen molar-refractivity contribution in [1.82, 2.24) is 5.32 Å². The predicted octanol–water partition coefficient (Wildman–Crippen LogP) is 3.01. The number of hydrogen-bond acceptors (Lipinski definition) is 4. The van der Waals surface area contributed by atoms with Crippen molar-refractivity contribution in [3.05, 3.63) is 46.2 Å². The molecule has 0 bridgehead atoms. The summed E-state index contributed by atoms with van der Waals surface area (Å²) in [6.07, 6.45) is 1.28. The van der Waals surface area contributed by atoms with Crippen LogP contribution in [-0.2, 0) is 17.8 Å². The van der Waals surface area contributed by atoms with Crippen LogP contribution >= 0.6 is 11.3 Å². The van der Waals surface area contributed by atoms with Gasteiger partial charge in [-0.3, -0.25) is 4.79 Å². The molecule has 2 aromatic rings. The Kier molecular flexibility index (Phi) is 5.63. The van der Waals surface area contributed by atoms with Crippen molar-refractivity contribution in [2.24, 2.45) is 0 Å². The van der Waals surface area contributed by atoms with Gasteiger partial charge in [0.2, 0.25) is 5.91 Å². The van der Waals surface area contributed by atoms with Crippen molar-refractivity contribution in [1.29, 1.82) is 0 Å². The maximum Gasteiger partial charge on any atom is 0.220 e. The highest BCUT2D eigenvalue weighted by Crippen LogP contribution is 2.27. The molecule has 0 saturated carbocycles. The van der Waals surface area contributed by atoms with Gasteiger partial charge in [-0.05, 0) is 46.5 Å². The Labute approximate surface area is 128 Å². The fourth-order valence-electron chi connectivity index (χ4n) is 1.97. The number of benzene rings is 1. The van der Waals surface area contributed by atoms with Gasteiger partial charge in [0.15, 0.2) is 11.5 Å². The quantitative estimate of drug-likeness (QED) is 0.855. The molecule has 0 unspecified atom stereocenters. The van der Waals surface area contributed by atoms with Gasteiger partial charge >= 0.3 is 0 Å². The molecule has 112 valence electrons. The van der Waals surface area contributed by atoms with Gasteiger partial charge in [-0.25, -0.2) is 0 Å². The van der Waals surface area contributed by atoms with Gasteiger partial charge in [0, 0.05) is 13.0 Å². The monoisotopic (exact) mass is 305 g/mol. The lowest BCUT2D eigenvalue weighted by molar-refractivity contribution is -0.121. The normalized spacial score (nSPS) is 10.2. The Bertz CT molecular complexity index is 581. The van der Waals surface area contributed by atoms with Crippen molar-refractivity contribution >= 4 is 17.2 Å². The molecule has 4 nitrogen and oxygen atoms in total. The molecule has 1 heterocycles. The zero-order valence-corrected chi connectivity index (χ0v) is 13.0. The molecular weight excluding hydrogens is 286 g/mol.